The molecule has 1 heterocycles. The number of rotatable bonds is 6. The second-order valence-corrected chi connectivity index (χ2v) is 4.87. The molecule has 0 radical (unpaired) electrons. The lowest BCUT2D eigenvalue weighted by Crippen LogP contribution is -2.29. The van der Waals surface area contributed by atoms with Crippen molar-refractivity contribution < 1.29 is 13.2 Å². The van der Waals surface area contributed by atoms with Gasteiger partial charge in [0.05, 0.1) is 24.8 Å². The average molecular weight is 313 g/mol. The van der Waals surface area contributed by atoms with Gasteiger partial charge in [-0.3, -0.25) is 4.79 Å². The minimum absolute atomic E-state index is 0.113. The molecule has 9 heteroatoms. The van der Waals surface area contributed by atoms with Gasteiger partial charge in [0.2, 0.25) is 0 Å². The lowest BCUT2D eigenvalue weighted by molar-refractivity contribution is -0.131. The zero-order valence-electron chi connectivity index (χ0n) is 11.2. The summed E-state index contributed by atoms with van der Waals surface area (Å²) < 4.78 is 37.2. The fourth-order valence-electron chi connectivity index (χ4n) is 1.38. The van der Waals surface area contributed by atoms with Gasteiger partial charge in [-0.1, -0.05) is 11.6 Å². The lowest BCUT2D eigenvalue weighted by atomic mass is 10.4. The van der Waals surface area contributed by atoms with Crippen LogP contribution in [-0.4, -0.2) is 48.0 Å². The van der Waals surface area contributed by atoms with Crippen LogP contribution in [0.25, 0.3) is 0 Å². The Morgan fingerprint density at radius 3 is 2.65 bits per heavy atom. The molecule has 0 unspecified atom stereocenters. The number of likely N-dealkylation sites (N-methyl/N-ethyl adjacent to an activating group) is 1. The van der Waals surface area contributed by atoms with Crippen molar-refractivity contribution in [3.63, 3.8) is 0 Å². The molecule has 0 amide bonds. The van der Waals surface area contributed by atoms with Gasteiger partial charge < -0.3 is 10.2 Å². The van der Waals surface area contributed by atoms with E-state index in [0.717, 1.165) is 0 Å². The van der Waals surface area contributed by atoms with Crippen molar-refractivity contribution >= 4 is 17.3 Å². The van der Waals surface area contributed by atoms with Crippen molar-refractivity contribution in [3.8, 4) is 0 Å². The van der Waals surface area contributed by atoms with E-state index in [2.05, 4.69) is 10.4 Å². The molecule has 0 atom stereocenters. The molecule has 0 saturated carbocycles. The number of halogens is 4. The maximum absolute atomic E-state index is 12.0. The normalized spacial score (nSPS) is 11.9. The Hall–Kier alpha value is -1.28. The van der Waals surface area contributed by atoms with E-state index in [1.807, 2.05) is 19.0 Å². The van der Waals surface area contributed by atoms with Gasteiger partial charge >= 0.3 is 6.18 Å². The van der Waals surface area contributed by atoms with Crippen LogP contribution >= 0.6 is 11.6 Å². The number of nitrogens with one attached hydrogen (secondary N) is 1. The number of hydrogen-bond donors (Lipinski definition) is 1. The predicted octanol–water partition coefficient (Wildman–Crippen LogP) is 1.82. The minimum atomic E-state index is -4.26. The van der Waals surface area contributed by atoms with E-state index in [0.29, 0.717) is 13.1 Å². The third-order valence-electron chi connectivity index (χ3n) is 2.47. The first-order valence-corrected chi connectivity index (χ1v) is 6.29. The second kappa shape index (κ2) is 6.94. The van der Waals surface area contributed by atoms with Gasteiger partial charge in [-0.2, -0.15) is 18.3 Å². The van der Waals surface area contributed by atoms with E-state index >= 15 is 0 Å². The molecular formula is C11H16ClF3N4O. The summed E-state index contributed by atoms with van der Waals surface area (Å²) in [6.07, 6.45) is -4.00. The zero-order chi connectivity index (χ0) is 15.3. The van der Waals surface area contributed by atoms with E-state index in [1.54, 1.807) is 0 Å². The maximum Gasteiger partial charge on any atom is 0.390 e. The van der Waals surface area contributed by atoms with Gasteiger partial charge in [-0.05, 0) is 14.1 Å². The third kappa shape index (κ3) is 5.38. The molecule has 0 aliphatic carbocycles. The van der Waals surface area contributed by atoms with Crippen LogP contribution in [0.3, 0.4) is 0 Å². The van der Waals surface area contributed by atoms with E-state index in [-0.39, 0.29) is 17.3 Å². The summed E-state index contributed by atoms with van der Waals surface area (Å²) in [4.78, 5) is 13.7. The predicted molar refractivity (Wildman–Crippen MR) is 71.2 cm³/mol. The summed E-state index contributed by atoms with van der Waals surface area (Å²) in [6, 6.07) is 0. The van der Waals surface area contributed by atoms with Gasteiger partial charge in [0, 0.05) is 13.1 Å². The van der Waals surface area contributed by atoms with E-state index in [4.69, 9.17) is 11.6 Å². The van der Waals surface area contributed by atoms with Crippen molar-refractivity contribution in [3.05, 3.63) is 21.6 Å². The quantitative estimate of drug-likeness (QED) is 0.870. The molecule has 0 aliphatic heterocycles. The minimum Gasteiger partial charge on any atom is -0.382 e. The van der Waals surface area contributed by atoms with Crippen LogP contribution < -0.4 is 10.9 Å². The molecule has 0 aromatic carbocycles. The standard InChI is InChI=1S/C11H16ClF3N4O/c1-18(2)5-6-19-10(20)9(12)8(7-17-19)16-4-3-11(13,14)15/h7,16H,3-6H2,1-2H3. The van der Waals surface area contributed by atoms with Crippen LogP contribution in [-0.2, 0) is 6.54 Å². The molecule has 0 bridgehead atoms. The number of anilines is 1. The van der Waals surface area contributed by atoms with E-state index < -0.39 is 18.2 Å². The highest BCUT2D eigenvalue weighted by molar-refractivity contribution is 6.32. The zero-order valence-corrected chi connectivity index (χ0v) is 11.9. The van der Waals surface area contributed by atoms with Crippen LogP contribution in [0, 0.1) is 0 Å². The molecule has 1 N–H and O–H groups in total. The number of hydrogen-bond acceptors (Lipinski definition) is 4. The van der Waals surface area contributed by atoms with Gasteiger partial charge in [-0.15, -0.1) is 0 Å². The summed E-state index contributed by atoms with van der Waals surface area (Å²) in [6.45, 7) is 0.602. The number of aromatic nitrogens is 2. The van der Waals surface area contributed by atoms with Gasteiger partial charge in [0.15, 0.2) is 0 Å². The van der Waals surface area contributed by atoms with Crippen LogP contribution in [0.15, 0.2) is 11.0 Å². The first kappa shape index (κ1) is 16.8. The molecule has 1 aromatic rings. The monoisotopic (exact) mass is 312 g/mol. The molecular weight excluding hydrogens is 297 g/mol. The molecule has 20 heavy (non-hydrogen) atoms. The van der Waals surface area contributed by atoms with E-state index in [9.17, 15) is 18.0 Å². The average Bonchev–Trinajstić information content (AvgIpc) is 2.32. The van der Waals surface area contributed by atoms with Crippen LogP contribution in [0.1, 0.15) is 6.42 Å². The maximum atomic E-state index is 12.0. The largest absolute Gasteiger partial charge is 0.390 e. The molecule has 0 saturated heterocycles. The lowest BCUT2D eigenvalue weighted by Gasteiger charge is -2.13. The smallest absolute Gasteiger partial charge is 0.382 e. The number of nitrogens with zero attached hydrogens (tertiary/aromatic N) is 3. The Balaban J connectivity index is 2.71. The molecule has 5 nitrogen and oxygen atoms in total. The molecule has 0 aliphatic rings. The first-order valence-electron chi connectivity index (χ1n) is 5.91. The summed E-state index contributed by atoms with van der Waals surface area (Å²) in [5, 5.41) is 6.19. The fraction of sp³-hybridized carbons (Fsp3) is 0.636. The highest BCUT2D eigenvalue weighted by Gasteiger charge is 2.26. The summed E-state index contributed by atoms with van der Waals surface area (Å²) in [5.74, 6) is 0. The van der Waals surface area contributed by atoms with Crippen molar-refractivity contribution in [2.24, 2.45) is 0 Å². The van der Waals surface area contributed by atoms with Crippen LogP contribution in [0.4, 0.5) is 18.9 Å². The topological polar surface area (TPSA) is 50.2 Å². The van der Waals surface area contributed by atoms with Crippen molar-refractivity contribution in [2.75, 3.05) is 32.5 Å². The Labute approximate surface area is 119 Å². The highest BCUT2D eigenvalue weighted by Crippen LogP contribution is 2.21. The van der Waals surface area contributed by atoms with Crippen molar-refractivity contribution in [1.82, 2.24) is 14.7 Å². The molecule has 0 fully saturated rings. The second-order valence-electron chi connectivity index (χ2n) is 4.50. The van der Waals surface area contributed by atoms with Crippen LogP contribution in [0.5, 0.6) is 0 Å². The highest BCUT2D eigenvalue weighted by atomic mass is 35.5. The van der Waals surface area contributed by atoms with Crippen molar-refractivity contribution in [1.29, 1.82) is 0 Å². The summed E-state index contributed by atoms with van der Waals surface area (Å²) in [7, 11) is 3.69. The fourth-order valence-corrected chi connectivity index (χ4v) is 1.59. The molecule has 114 valence electrons. The third-order valence-corrected chi connectivity index (χ3v) is 2.83. The molecule has 1 aromatic heterocycles. The Kier molecular flexibility index (Phi) is 5.82. The van der Waals surface area contributed by atoms with Gasteiger partial charge in [-0.25, -0.2) is 4.68 Å². The summed E-state index contributed by atoms with van der Waals surface area (Å²) >= 11 is 5.83. The first-order chi connectivity index (χ1) is 9.20. The van der Waals surface area contributed by atoms with Crippen molar-refractivity contribution in [2.45, 2.75) is 19.1 Å². The Morgan fingerprint density at radius 2 is 2.10 bits per heavy atom. The Bertz CT molecular complexity index is 501. The molecule has 1 rings (SSSR count). The van der Waals surface area contributed by atoms with Gasteiger partial charge in [0.25, 0.3) is 5.56 Å². The Morgan fingerprint density at radius 1 is 1.45 bits per heavy atom. The number of alkyl halides is 3. The van der Waals surface area contributed by atoms with Gasteiger partial charge in [0.1, 0.15) is 5.02 Å². The van der Waals surface area contributed by atoms with E-state index in [1.165, 1.54) is 10.9 Å². The molecule has 0 spiro atoms. The van der Waals surface area contributed by atoms with Crippen LogP contribution in [0.2, 0.25) is 5.02 Å². The SMILES string of the molecule is CN(C)CCn1ncc(NCCC(F)(F)F)c(Cl)c1=O. The summed E-state index contributed by atoms with van der Waals surface area (Å²) in [5.41, 5.74) is -0.410.